The maximum atomic E-state index is 12.0. The fraction of sp³-hybridized carbons (Fsp3) is 0.929. The molecule has 2 heterocycles. The van der Waals surface area contributed by atoms with Gasteiger partial charge in [-0.2, -0.15) is 0 Å². The normalized spacial score (nSPS) is 30.1. The highest BCUT2D eigenvalue weighted by Crippen LogP contribution is 2.29. The van der Waals surface area contributed by atoms with E-state index < -0.39 is 0 Å². The SMILES string of the molecule is CCCCC(=O)N1CC[C@@H]2[C@H](CCCN2C)C1. The van der Waals surface area contributed by atoms with E-state index in [0.29, 0.717) is 5.91 Å². The maximum absolute atomic E-state index is 12.0. The Morgan fingerprint density at radius 1 is 1.29 bits per heavy atom. The Hall–Kier alpha value is -0.570. The van der Waals surface area contributed by atoms with Crippen molar-refractivity contribution < 1.29 is 4.79 Å². The molecule has 0 aromatic carbocycles. The minimum Gasteiger partial charge on any atom is -0.342 e. The quantitative estimate of drug-likeness (QED) is 0.752. The highest BCUT2D eigenvalue weighted by atomic mass is 16.2. The largest absolute Gasteiger partial charge is 0.342 e. The van der Waals surface area contributed by atoms with E-state index in [1.807, 2.05) is 0 Å². The summed E-state index contributed by atoms with van der Waals surface area (Å²) in [6.07, 6.45) is 6.71. The van der Waals surface area contributed by atoms with Crippen molar-refractivity contribution in [3.8, 4) is 0 Å². The second kappa shape index (κ2) is 5.85. The van der Waals surface area contributed by atoms with E-state index in [1.54, 1.807) is 0 Å². The van der Waals surface area contributed by atoms with Crippen LogP contribution in [0.3, 0.4) is 0 Å². The summed E-state index contributed by atoms with van der Waals surface area (Å²) < 4.78 is 0. The fourth-order valence-electron chi connectivity index (χ4n) is 3.37. The van der Waals surface area contributed by atoms with Crippen LogP contribution < -0.4 is 0 Å². The van der Waals surface area contributed by atoms with E-state index in [4.69, 9.17) is 0 Å². The summed E-state index contributed by atoms with van der Waals surface area (Å²) in [5, 5.41) is 0. The van der Waals surface area contributed by atoms with Crippen molar-refractivity contribution in [3.63, 3.8) is 0 Å². The number of rotatable bonds is 3. The monoisotopic (exact) mass is 238 g/mol. The van der Waals surface area contributed by atoms with E-state index in [1.165, 1.54) is 25.8 Å². The van der Waals surface area contributed by atoms with Crippen LogP contribution in [0, 0.1) is 5.92 Å². The first kappa shape index (κ1) is 12.9. The summed E-state index contributed by atoms with van der Waals surface area (Å²) in [7, 11) is 2.24. The van der Waals surface area contributed by atoms with Crippen molar-refractivity contribution in [1.82, 2.24) is 9.80 Å². The van der Waals surface area contributed by atoms with Crippen molar-refractivity contribution in [1.29, 1.82) is 0 Å². The molecule has 2 rings (SSSR count). The first-order valence-electron chi connectivity index (χ1n) is 7.20. The molecule has 3 nitrogen and oxygen atoms in total. The van der Waals surface area contributed by atoms with Crippen LogP contribution >= 0.6 is 0 Å². The van der Waals surface area contributed by atoms with E-state index in [-0.39, 0.29) is 0 Å². The van der Waals surface area contributed by atoms with Gasteiger partial charge >= 0.3 is 0 Å². The van der Waals surface area contributed by atoms with Gasteiger partial charge in [0, 0.05) is 25.6 Å². The van der Waals surface area contributed by atoms with Gasteiger partial charge in [0.25, 0.3) is 0 Å². The third-order valence-corrected chi connectivity index (χ3v) is 4.44. The van der Waals surface area contributed by atoms with Gasteiger partial charge in [0.05, 0.1) is 0 Å². The standard InChI is InChI=1S/C14H26N2O/c1-3-4-7-14(17)16-10-8-13-12(11-16)6-5-9-15(13)2/h12-13H,3-11H2,1-2H3/t12-,13-/m1/s1. The molecule has 0 aliphatic carbocycles. The zero-order valence-corrected chi connectivity index (χ0v) is 11.3. The summed E-state index contributed by atoms with van der Waals surface area (Å²) in [4.78, 5) is 16.6. The van der Waals surface area contributed by atoms with Crippen LogP contribution in [0.1, 0.15) is 45.4 Å². The molecule has 2 aliphatic heterocycles. The maximum Gasteiger partial charge on any atom is 0.222 e. The Balaban J connectivity index is 1.86. The number of piperidine rings is 2. The number of likely N-dealkylation sites (tertiary alicyclic amines) is 2. The molecule has 17 heavy (non-hydrogen) atoms. The average molecular weight is 238 g/mol. The molecule has 0 spiro atoms. The summed E-state index contributed by atoms with van der Waals surface area (Å²) in [5.41, 5.74) is 0. The van der Waals surface area contributed by atoms with Crippen LogP contribution in [0.5, 0.6) is 0 Å². The van der Waals surface area contributed by atoms with Crippen LogP contribution in [-0.4, -0.2) is 48.4 Å². The first-order chi connectivity index (χ1) is 8.22. The Kier molecular flexibility index (Phi) is 4.43. The zero-order valence-electron chi connectivity index (χ0n) is 11.3. The molecule has 0 radical (unpaired) electrons. The van der Waals surface area contributed by atoms with E-state index in [2.05, 4.69) is 23.8 Å². The number of hydrogen-bond acceptors (Lipinski definition) is 2. The number of fused-ring (bicyclic) bond motifs is 1. The first-order valence-corrected chi connectivity index (χ1v) is 7.20. The lowest BCUT2D eigenvalue weighted by atomic mass is 9.84. The van der Waals surface area contributed by atoms with Crippen molar-refractivity contribution in [2.75, 3.05) is 26.7 Å². The summed E-state index contributed by atoms with van der Waals surface area (Å²) in [6, 6.07) is 0.735. The lowest BCUT2D eigenvalue weighted by Crippen LogP contribution is -2.53. The van der Waals surface area contributed by atoms with E-state index in [9.17, 15) is 4.79 Å². The van der Waals surface area contributed by atoms with Gasteiger partial charge in [0.15, 0.2) is 0 Å². The number of carbonyl (C=O) groups is 1. The van der Waals surface area contributed by atoms with Gasteiger partial charge in [-0.25, -0.2) is 0 Å². The number of unbranched alkanes of at least 4 members (excludes halogenated alkanes) is 1. The molecule has 3 heteroatoms. The van der Waals surface area contributed by atoms with Crippen LogP contribution in [0.2, 0.25) is 0 Å². The Labute approximate surface area is 105 Å². The molecule has 0 saturated carbocycles. The van der Waals surface area contributed by atoms with Crippen LogP contribution in [0.4, 0.5) is 0 Å². The lowest BCUT2D eigenvalue weighted by Gasteiger charge is -2.46. The molecule has 0 aromatic heterocycles. The smallest absolute Gasteiger partial charge is 0.222 e. The van der Waals surface area contributed by atoms with E-state index >= 15 is 0 Å². The van der Waals surface area contributed by atoms with Gasteiger partial charge in [-0.15, -0.1) is 0 Å². The van der Waals surface area contributed by atoms with Crippen molar-refractivity contribution in [2.45, 2.75) is 51.5 Å². The summed E-state index contributed by atoms with van der Waals surface area (Å²) in [5.74, 6) is 1.12. The predicted molar refractivity (Wildman–Crippen MR) is 69.9 cm³/mol. The van der Waals surface area contributed by atoms with Crippen LogP contribution in [0.15, 0.2) is 0 Å². The van der Waals surface area contributed by atoms with Gasteiger partial charge in [-0.1, -0.05) is 13.3 Å². The summed E-state index contributed by atoms with van der Waals surface area (Å²) in [6.45, 7) is 5.38. The lowest BCUT2D eigenvalue weighted by molar-refractivity contribution is -0.134. The average Bonchev–Trinajstić information content (AvgIpc) is 2.36. The van der Waals surface area contributed by atoms with Crippen molar-refractivity contribution in [2.24, 2.45) is 5.92 Å². The predicted octanol–water partition coefficient (Wildman–Crippen LogP) is 2.12. The molecule has 0 N–H and O–H groups in total. The number of amides is 1. The van der Waals surface area contributed by atoms with Crippen molar-refractivity contribution in [3.05, 3.63) is 0 Å². The molecule has 0 aromatic rings. The third kappa shape index (κ3) is 3.01. The van der Waals surface area contributed by atoms with E-state index in [0.717, 1.165) is 44.3 Å². The van der Waals surface area contributed by atoms with Gasteiger partial charge in [0.2, 0.25) is 5.91 Å². The molecule has 2 atom stereocenters. The highest BCUT2D eigenvalue weighted by molar-refractivity contribution is 5.76. The Bertz CT molecular complexity index is 267. The van der Waals surface area contributed by atoms with Gasteiger partial charge in [0.1, 0.15) is 0 Å². The Morgan fingerprint density at radius 2 is 2.12 bits per heavy atom. The molecular weight excluding hydrogens is 212 g/mol. The molecule has 98 valence electrons. The molecule has 0 unspecified atom stereocenters. The minimum absolute atomic E-state index is 0.388. The van der Waals surface area contributed by atoms with Gasteiger partial charge in [-0.3, -0.25) is 4.79 Å². The van der Waals surface area contributed by atoms with Crippen LogP contribution in [0.25, 0.3) is 0 Å². The van der Waals surface area contributed by atoms with Gasteiger partial charge in [-0.05, 0) is 45.2 Å². The Morgan fingerprint density at radius 3 is 2.88 bits per heavy atom. The number of hydrogen-bond donors (Lipinski definition) is 0. The third-order valence-electron chi connectivity index (χ3n) is 4.44. The molecule has 2 fully saturated rings. The van der Waals surface area contributed by atoms with Crippen molar-refractivity contribution >= 4 is 5.91 Å². The van der Waals surface area contributed by atoms with Gasteiger partial charge < -0.3 is 9.80 Å². The molecular formula is C14H26N2O. The minimum atomic E-state index is 0.388. The molecule has 2 aliphatic rings. The second-order valence-corrected chi connectivity index (χ2v) is 5.68. The fourth-order valence-corrected chi connectivity index (χ4v) is 3.37. The number of carbonyl (C=O) groups excluding carboxylic acids is 1. The molecule has 1 amide bonds. The molecule has 0 bridgehead atoms. The van der Waals surface area contributed by atoms with Crippen LogP contribution in [-0.2, 0) is 4.79 Å². The second-order valence-electron chi connectivity index (χ2n) is 5.68. The highest BCUT2D eigenvalue weighted by Gasteiger charge is 2.35. The molecule has 2 saturated heterocycles. The zero-order chi connectivity index (χ0) is 12.3. The summed E-state index contributed by atoms with van der Waals surface area (Å²) >= 11 is 0. The topological polar surface area (TPSA) is 23.6 Å². The number of nitrogens with zero attached hydrogens (tertiary/aromatic N) is 2.